The van der Waals surface area contributed by atoms with E-state index in [1.165, 1.54) is 12.8 Å². The van der Waals surface area contributed by atoms with Crippen LogP contribution in [0.4, 0.5) is 0 Å². The second-order valence-corrected chi connectivity index (χ2v) is 5.31. The van der Waals surface area contributed by atoms with Crippen molar-refractivity contribution in [2.24, 2.45) is 11.7 Å². The van der Waals surface area contributed by atoms with Crippen LogP contribution in [0.15, 0.2) is 12.1 Å². The molecule has 0 amide bonds. The summed E-state index contributed by atoms with van der Waals surface area (Å²) >= 11 is 0. The van der Waals surface area contributed by atoms with E-state index in [2.05, 4.69) is 16.8 Å². The fourth-order valence-electron chi connectivity index (χ4n) is 2.82. The summed E-state index contributed by atoms with van der Waals surface area (Å²) < 4.78 is 0. The van der Waals surface area contributed by atoms with Gasteiger partial charge in [-0.2, -0.15) is 0 Å². The van der Waals surface area contributed by atoms with E-state index < -0.39 is 0 Å². The van der Waals surface area contributed by atoms with Gasteiger partial charge in [0.15, 0.2) is 0 Å². The van der Waals surface area contributed by atoms with E-state index in [4.69, 9.17) is 5.73 Å². The van der Waals surface area contributed by atoms with Gasteiger partial charge in [0.2, 0.25) is 0 Å². The number of hydrogen-bond acceptors (Lipinski definition) is 4. The zero-order chi connectivity index (χ0) is 13.1. The van der Waals surface area contributed by atoms with Crippen LogP contribution in [-0.4, -0.2) is 34.1 Å². The van der Waals surface area contributed by atoms with Crippen LogP contribution in [0, 0.1) is 12.8 Å². The van der Waals surface area contributed by atoms with Gasteiger partial charge in [-0.25, -0.2) is 0 Å². The van der Waals surface area contributed by atoms with Crippen LogP contribution in [0.5, 0.6) is 5.75 Å². The Kier molecular flexibility index (Phi) is 4.19. The number of pyridine rings is 1. The lowest BCUT2D eigenvalue weighted by molar-refractivity contribution is 0.0968. The molecule has 4 nitrogen and oxygen atoms in total. The highest BCUT2D eigenvalue weighted by Gasteiger charge is 2.28. The van der Waals surface area contributed by atoms with Crippen molar-refractivity contribution in [1.82, 2.24) is 9.88 Å². The van der Waals surface area contributed by atoms with Gasteiger partial charge in [-0.3, -0.25) is 9.88 Å². The first-order valence-corrected chi connectivity index (χ1v) is 6.71. The molecule has 1 saturated heterocycles. The van der Waals surface area contributed by atoms with E-state index in [-0.39, 0.29) is 5.75 Å². The van der Waals surface area contributed by atoms with Crippen molar-refractivity contribution in [2.45, 2.75) is 39.3 Å². The Morgan fingerprint density at radius 2 is 2.28 bits per heavy atom. The predicted octanol–water partition coefficient (Wildman–Crippen LogP) is 1.65. The molecule has 0 radical (unpaired) electrons. The molecule has 1 aliphatic rings. The Morgan fingerprint density at radius 1 is 1.50 bits per heavy atom. The van der Waals surface area contributed by atoms with Gasteiger partial charge in [-0.1, -0.05) is 6.92 Å². The normalized spacial score (nSPS) is 25.3. The molecule has 3 N–H and O–H groups in total. The van der Waals surface area contributed by atoms with E-state index >= 15 is 0 Å². The number of aromatic nitrogens is 1. The first-order valence-electron chi connectivity index (χ1n) is 6.71. The van der Waals surface area contributed by atoms with Crippen LogP contribution in [-0.2, 0) is 6.54 Å². The molecular formula is C14H23N3O. The van der Waals surface area contributed by atoms with Crippen LogP contribution in [0.2, 0.25) is 0 Å². The van der Waals surface area contributed by atoms with Crippen molar-refractivity contribution in [1.29, 1.82) is 0 Å². The lowest BCUT2D eigenvalue weighted by atomic mass is 9.90. The number of likely N-dealkylation sites (tertiary alicyclic amines) is 1. The summed E-state index contributed by atoms with van der Waals surface area (Å²) in [6.07, 6.45) is 2.44. The van der Waals surface area contributed by atoms with Crippen LogP contribution in [0.25, 0.3) is 0 Å². The average Bonchev–Trinajstić information content (AvgIpc) is 2.34. The lowest BCUT2D eigenvalue weighted by Crippen LogP contribution is -2.48. The van der Waals surface area contributed by atoms with Gasteiger partial charge < -0.3 is 10.8 Å². The summed E-state index contributed by atoms with van der Waals surface area (Å²) in [7, 11) is 0. The Hall–Kier alpha value is -1.13. The quantitative estimate of drug-likeness (QED) is 0.855. The third-order valence-corrected chi connectivity index (χ3v) is 3.91. The summed E-state index contributed by atoms with van der Waals surface area (Å²) in [4.78, 5) is 6.78. The van der Waals surface area contributed by atoms with E-state index in [1.54, 1.807) is 6.07 Å². The van der Waals surface area contributed by atoms with Crippen LogP contribution >= 0.6 is 0 Å². The molecule has 18 heavy (non-hydrogen) atoms. The SMILES string of the molecule is Cc1ccc(O)c(CN2CCCC(C)C2CN)n1. The average molecular weight is 249 g/mol. The Morgan fingerprint density at radius 3 is 3.00 bits per heavy atom. The second kappa shape index (κ2) is 5.67. The highest BCUT2D eigenvalue weighted by molar-refractivity contribution is 5.27. The van der Waals surface area contributed by atoms with Gasteiger partial charge in [0.05, 0.1) is 5.69 Å². The molecule has 1 aromatic rings. The van der Waals surface area contributed by atoms with Crippen LogP contribution < -0.4 is 5.73 Å². The number of nitrogens with two attached hydrogens (primary N) is 1. The van der Waals surface area contributed by atoms with Crippen LogP contribution in [0.3, 0.4) is 0 Å². The number of rotatable bonds is 3. The Balaban J connectivity index is 2.14. The highest BCUT2D eigenvalue weighted by atomic mass is 16.3. The molecule has 0 spiro atoms. The molecule has 2 rings (SSSR count). The van der Waals surface area contributed by atoms with E-state index in [0.717, 1.165) is 17.9 Å². The molecule has 2 atom stereocenters. The molecule has 4 heteroatoms. The van der Waals surface area contributed by atoms with Crippen molar-refractivity contribution in [3.63, 3.8) is 0 Å². The molecule has 100 valence electrons. The molecule has 1 aliphatic heterocycles. The number of aryl methyl sites for hydroxylation is 1. The topological polar surface area (TPSA) is 62.4 Å². The minimum absolute atomic E-state index is 0.287. The minimum Gasteiger partial charge on any atom is -0.506 e. The van der Waals surface area contributed by atoms with Gasteiger partial charge in [0, 0.05) is 24.8 Å². The van der Waals surface area contributed by atoms with Crippen LogP contribution in [0.1, 0.15) is 31.2 Å². The fourth-order valence-corrected chi connectivity index (χ4v) is 2.82. The van der Waals surface area contributed by atoms with Gasteiger partial charge in [0.1, 0.15) is 5.75 Å². The van der Waals surface area contributed by atoms with Crippen molar-refractivity contribution in [3.05, 3.63) is 23.5 Å². The summed E-state index contributed by atoms with van der Waals surface area (Å²) in [5.74, 6) is 0.908. The molecule has 1 fully saturated rings. The highest BCUT2D eigenvalue weighted by Crippen LogP contribution is 2.26. The van der Waals surface area contributed by atoms with Crippen molar-refractivity contribution < 1.29 is 5.11 Å². The molecule has 2 heterocycles. The number of aromatic hydroxyl groups is 1. The molecule has 1 aromatic heterocycles. The first-order chi connectivity index (χ1) is 8.61. The largest absolute Gasteiger partial charge is 0.506 e. The van der Waals surface area contributed by atoms with E-state index in [0.29, 0.717) is 25.0 Å². The molecule has 0 bridgehead atoms. The third kappa shape index (κ3) is 2.82. The lowest BCUT2D eigenvalue weighted by Gasteiger charge is -2.39. The Bertz CT molecular complexity index is 408. The predicted molar refractivity (Wildman–Crippen MR) is 72.3 cm³/mol. The summed E-state index contributed by atoms with van der Waals surface area (Å²) in [5.41, 5.74) is 7.59. The third-order valence-electron chi connectivity index (χ3n) is 3.91. The maximum Gasteiger partial charge on any atom is 0.138 e. The van der Waals surface area contributed by atoms with Gasteiger partial charge in [-0.15, -0.1) is 0 Å². The Labute approximate surface area is 109 Å². The van der Waals surface area contributed by atoms with E-state index in [9.17, 15) is 5.11 Å². The van der Waals surface area contributed by atoms with E-state index in [1.807, 2.05) is 13.0 Å². The number of piperidine rings is 1. The minimum atomic E-state index is 0.287. The number of nitrogens with zero attached hydrogens (tertiary/aromatic N) is 2. The molecule has 0 aromatic carbocycles. The van der Waals surface area contributed by atoms with Crippen molar-refractivity contribution in [2.75, 3.05) is 13.1 Å². The standard InChI is InChI=1S/C14H23N3O/c1-10-4-3-7-17(13(10)8-15)9-12-14(18)6-5-11(2)16-12/h5-6,10,13,18H,3-4,7-9,15H2,1-2H3. The summed E-state index contributed by atoms with van der Waals surface area (Å²) in [6.45, 7) is 6.62. The van der Waals surface area contributed by atoms with Gasteiger partial charge >= 0.3 is 0 Å². The monoisotopic (exact) mass is 249 g/mol. The fraction of sp³-hybridized carbons (Fsp3) is 0.643. The number of hydrogen-bond donors (Lipinski definition) is 2. The molecular weight excluding hydrogens is 226 g/mol. The first kappa shape index (κ1) is 13.3. The zero-order valence-corrected chi connectivity index (χ0v) is 11.3. The maximum absolute atomic E-state index is 9.87. The zero-order valence-electron chi connectivity index (χ0n) is 11.3. The molecule has 0 saturated carbocycles. The molecule has 0 aliphatic carbocycles. The van der Waals surface area contributed by atoms with Crippen molar-refractivity contribution in [3.8, 4) is 5.75 Å². The summed E-state index contributed by atoms with van der Waals surface area (Å²) in [5, 5.41) is 9.87. The van der Waals surface area contributed by atoms with Gasteiger partial charge in [0.25, 0.3) is 0 Å². The smallest absolute Gasteiger partial charge is 0.138 e. The van der Waals surface area contributed by atoms with Gasteiger partial charge in [-0.05, 0) is 44.4 Å². The second-order valence-electron chi connectivity index (χ2n) is 5.31. The maximum atomic E-state index is 9.87. The summed E-state index contributed by atoms with van der Waals surface area (Å²) in [6, 6.07) is 3.96. The van der Waals surface area contributed by atoms with Crippen molar-refractivity contribution >= 4 is 0 Å². The molecule has 2 unspecified atom stereocenters.